The number of hydrogen-bond donors (Lipinski definition) is 3. The van der Waals surface area contributed by atoms with Crippen molar-refractivity contribution in [3.8, 4) is 16.9 Å². The van der Waals surface area contributed by atoms with Gasteiger partial charge in [-0.1, -0.05) is 54.6 Å². The number of hydrazine groups is 1. The summed E-state index contributed by atoms with van der Waals surface area (Å²) in [6, 6.07) is 27.0. The summed E-state index contributed by atoms with van der Waals surface area (Å²) in [6.07, 6.45) is 0. The van der Waals surface area contributed by atoms with E-state index in [1.54, 1.807) is 42.5 Å². The molecule has 8 heteroatoms. The summed E-state index contributed by atoms with van der Waals surface area (Å²) < 4.78 is 5.67. The SMILES string of the molecule is O=C(COc1ccccc1-c1ccccc1)NNC(=O)c1ccc(NC(=O)c2cccs2)cc1. The standard InChI is InChI=1S/C26H21N3O4S/c30-24(17-33-22-10-5-4-9-21(22)18-7-2-1-3-8-18)28-29-25(31)19-12-14-20(15-13-19)27-26(32)23-11-6-16-34-23/h1-16H,17H2,(H,27,32)(H,28,30)(H,29,31). The molecule has 3 amide bonds. The van der Waals surface area contributed by atoms with Gasteiger partial charge < -0.3 is 10.1 Å². The van der Waals surface area contributed by atoms with Crippen LogP contribution in [0.25, 0.3) is 11.1 Å². The van der Waals surface area contributed by atoms with Crippen LogP contribution in [0.2, 0.25) is 0 Å². The van der Waals surface area contributed by atoms with E-state index in [-0.39, 0.29) is 12.5 Å². The molecule has 3 aromatic carbocycles. The lowest BCUT2D eigenvalue weighted by Gasteiger charge is -2.12. The number of thiophene rings is 1. The molecule has 0 bridgehead atoms. The fourth-order valence-electron chi connectivity index (χ4n) is 3.13. The highest BCUT2D eigenvalue weighted by molar-refractivity contribution is 7.12. The van der Waals surface area contributed by atoms with E-state index in [4.69, 9.17) is 4.74 Å². The van der Waals surface area contributed by atoms with Crippen LogP contribution in [0.1, 0.15) is 20.0 Å². The molecular weight excluding hydrogens is 450 g/mol. The van der Waals surface area contributed by atoms with Gasteiger partial charge in [0.25, 0.3) is 17.7 Å². The zero-order chi connectivity index (χ0) is 23.8. The zero-order valence-electron chi connectivity index (χ0n) is 18.0. The second-order valence-electron chi connectivity index (χ2n) is 7.16. The fourth-order valence-corrected chi connectivity index (χ4v) is 3.75. The summed E-state index contributed by atoms with van der Waals surface area (Å²) in [4.78, 5) is 37.2. The van der Waals surface area contributed by atoms with Crippen molar-refractivity contribution in [1.82, 2.24) is 10.9 Å². The monoisotopic (exact) mass is 471 g/mol. The lowest BCUT2D eigenvalue weighted by atomic mass is 10.1. The van der Waals surface area contributed by atoms with Crippen molar-refractivity contribution in [2.45, 2.75) is 0 Å². The molecule has 4 aromatic rings. The third-order valence-corrected chi connectivity index (χ3v) is 5.66. The van der Waals surface area contributed by atoms with Crippen LogP contribution >= 0.6 is 11.3 Å². The molecule has 3 N–H and O–H groups in total. The molecule has 0 saturated heterocycles. The molecule has 0 aliphatic rings. The van der Waals surface area contributed by atoms with Gasteiger partial charge in [-0.25, -0.2) is 0 Å². The molecule has 4 rings (SSSR count). The first-order valence-electron chi connectivity index (χ1n) is 10.4. The Morgan fingerprint density at radius 1 is 0.735 bits per heavy atom. The highest BCUT2D eigenvalue weighted by Crippen LogP contribution is 2.29. The number of para-hydroxylation sites is 1. The van der Waals surface area contributed by atoms with E-state index in [1.165, 1.54) is 11.3 Å². The molecule has 0 radical (unpaired) electrons. The highest BCUT2D eigenvalue weighted by atomic mass is 32.1. The van der Waals surface area contributed by atoms with Gasteiger partial charge in [-0.3, -0.25) is 25.2 Å². The maximum atomic E-state index is 12.3. The molecule has 34 heavy (non-hydrogen) atoms. The predicted octanol–water partition coefficient (Wildman–Crippen LogP) is 4.51. The van der Waals surface area contributed by atoms with Crippen molar-refractivity contribution in [3.63, 3.8) is 0 Å². The van der Waals surface area contributed by atoms with E-state index in [0.29, 0.717) is 21.9 Å². The van der Waals surface area contributed by atoms with Crippen LogP contribution in [0.5, 0.6) is 5.75 Å². The Labute approximate surface area is 200 Å². The molecule has 0 aliphatic heterocycles. The van der Waals surface area contributed by atoms with Gasteiger partial charge in [0.2, 0.25) is 0 Å². The van der Waals surface area contributed by atoms with Crippen LogP contribution in [0, 0.1) is 0 Å². The third-order valence-electron chi connectivity index (χ3n) is 4.80. The third kappa shape index (κ3) is 5.87. The largest absolute Gasteiger partial charge is 0.483 e. The number of ether oxygens (including phenoxy) is 1. The van der Waals surface area contributed by atoms with E-state index < -0.39 is 11.8 Å². The van der Waals surface area contributed by atoms with Gasteiger partial charge in [-0.2, -0.15) is 0 Å². The van der Waals surface area contributed by atoms with Crippen molar-refractivity contribution < 1.29 is 19.1 Å². The summed E-state index contributed by atoms with van der Waals surface area (Å²) in [5.41, 5.74) is 7.43. The molecule has 0 spiro atoms. The van der Waals surface area contributed by atoms with Crippen LogP contribution in [-0.2, 0) is 4.79 Å². The Bertz CT molecular complexity index is 1270. The smallest absolute Gasteiger partial charge is 0.276 e. The number of anilines is 1. The summed E-state index contributed by atoms with van der Waals surface area (Å²) in [6.45, 7) is -0.266. The zero-order valence-corrected chi connectivity index (χ0v) is 18.8. The Morgan fingerprint density at radius 3 is 2.21 bits per heavy atom. The van der Waals surface area contributed by atoms with Crippen LogP contribution < -0.4 is 20.9 Å². The highest BCUT2D eigenvalue weighted by Gasteiger charge is 2.11. The van der Waals surface area contributed by atoms with E-state index in [2.05, 4.69) is 16.2 Å². The van der Waals surface area contributed by atoms with Crippen molar-refractivity contribution in [1.29, 1.82) is 0 Å². The molecule has 1 heterocycles. The van der Waals surface area contributed by atoms with Gasteiger partial charge in [0, 0.05) is 16.8 Å². The molecule has 0 fully saturated rings. The number of carbonyl (C=O) groups is 3. The first-order chi connectivity index (χ1) is 16.6. The number of rotatable bonds is 7. The lowest BCUT2D eigenvalue weighted by molar-refractivity contribution is -0.123. The van der Waals surface area contributed by atoms with E-state index in [0.717, 1.165) is 11.1 Å². The van der Waals surface area contributed by atoms with Crippen LogP contribution in [-0.4, -0.2) is 24.3 Å². The molecule has 7 nitrogen and oxygen atoms in total. The number of amides is 3. The molecule has 0 unspecified atom stereocenters. The maximum absolute atomic E-state index is 12.3. The van der Waals surface area contributed by atoms with Gasteiger partial charge in [0.05, 0.1) is 4.88 Å². The minimum absolute atomic E-state index is 0.215. The number of nitrogens with one attached hydrogen (secondary N) is 3. The second kappa shape index (κ2) is 10.9. The summed E-state index contributed by atoms with van der Waals surface area (Å²) in [5.74, 6) is -0.645. The van der Waals surface area contributed by atoms with E-state index in [9.17, 15) is 14.4 Å². The van der Waals surface area contributed by atoms with E-state index >= 15 is 0 Å². The molecule has 1 aromatic heterocycles. The minimum atomic E-state index is -0.504. The van der Waals surface area contributed by atoms with Gasteiger partial charge in [-0.05, 0) is 47.3 Å². The lowest BCUT2D eigenvalue weighted by Crippen LogP contribution is -2.43. The van der Waals surface area contributed by atoms with Crippen molar-refractivity contribution in [2.75, 3.05) is 11.9 Å². The van der Waals surface area contributed by atoms with Crippen LogP contribution in [0.4, 0.5) is 5.69 Å². The topological polar surface area (TPSA) is 96.5 Å². The van der Waals surface area contributed by atoms with Crippen molar-refractivity contribution >= 4 is 34.7 Å². The first-order valence-corrected chi connectivity index (χ1v) is 11.3. The van der Waals surface area contributed by atoms with E-state index in [1.807, 2.05) is 53.9 Å². The molecule has 0 saturated carbocycles. The van der Waals surface area contributed by atoms with Gasteiger partial charge in [-0.15, -0.1) is 11.3 Å². The van der Waals surface area contributed by atoms with Crippen molar-refractivity contribution in [2.24, 2.45) is 0 Å². The Hall–Kier alpha value is -4.43. The van der Waals surface area contributed by atoms with Gasteiger partial charge in [0.15, 0.2) is 6.61 Å². The van der Waals surface area contributed by atoms with Gasteiger partial charge in [0.1, 0.15) is 5.75 Å². The number of hydrogen-bond acceptors (Lipinski definition) is 5. The maximum Gasteiger partial charge on any atom is 0.276 e. The molecule has 0 aliphatic carbocycles. The van der Waals surface area contributed by atoms with Crippen LogP contribution in [0.15, 0.2) is 96.4 Å². The predicted molar refractivity (Wildman–Crippen MR) is 132 cm³/mol. The normalized spacial score (nSPS) is 10.2. The Kier molecular flexibility index (Phi) is 7.32. The minimum Gasteiger partial charge on any atom is -0.483 e. The first kappa shape index (κ1) is 22.8. The average molecular weight is 472 g/mol. The molecule has 170 valence electrons. The molecule has 0 atom stereocenters. The van der Waals surface area contributed by atoms with Crippen molar-refractivity contribution in [3.05, 3.63) is 107 Å². The summed E-state index contributed by atoms with van der Waals surface area (Å²) in [5, 5.41) is 4.59. The quantitative estimate of drug-likeness (QED) is 0.346. The number of benzene rings is 3. The Morgan fingerprint density at radius 2 is 1.47 bits per heavy atom. The number of carbonyl (C=O) groups excluding carboxylic acids is 3. The molecular formula is C26H21N3O4S. The summed E-state index contributed by atoms with van der Waals surface area (Å²) >= 11 is 1.34. The summed E-state index contributed by atoms with van der Waals surface area (Å²) in [7, 11) is 0. The average Bonchev–Trinajstić information content (AvgIpc) is 3.42. The fraction of sp³-hybridized carbons (Fsp3) is 0.0385. The second-order valence-corrected chi connectivity index (χ2v) is 8.11. The van der Waals surface area contributed by atoms with Gasteiger partial charge >= 0.3 is 0 Å². The van der Waals surface area contributed by atoms with Crippen LogP contribution in [0.3, 0.4) is 0 Å². The Balaban J connectivity index is 1.27.